The van der Waals surface area contributed by atoms with Crippen LogP contribution in [0.2, 0.25) is 0 Å². The standard InChI is InChI=1S/C18H13NO/c20-18-16-11-10-13-6-4-5-9-15(13)17(16)12-19(18)14-7-2-1-3-8-14/h1-11H,12H2. The molecule has 96 valence electrons. The predicted octanol–water partition coefficient (Wildman–Crippen LogP) is 4.00. The number of amides is 1. The number of carbonyl (C=O) groups excluding carboxylic acids is 1. The molecule has 0 atom stereocenters. The average molecular weight is 259 g/mol. The Balaban J connectivity index is 1.88. The summed E-state index contributed by atoms with van der Waals surface area (Å²) in [6, 6.07) is 22.1. The van der Waals surface area contributed by atoms with Crippen molar-refractivity contribution in [2.24, 2.45) is 0 Å². The van der Waals surface area contributed by atoms with Gasteiger partial charge in [0.1, 0.15) is 0 Å². The third-order valence-corrected chi connectivity index (χ3v) is 3.90. The van der Waals surface area contributed by atoms with E-state index in [1.165, 1.54) is 10.8 Å². The molecule has 0 N–H and O–H groups in total. The van der Waals surface area contributed by atoms with Crippen LogP contribution in [0, 0.1) is 0 Å². The van der Waals surface area contributed by atoms with E-state index >= 15 is 0 Å². The second-order valence-electron chi connectivity index (χ2n) is 5.04. The van der Waals surface area contributed by atoms with E-state index < -0.39 is 0 Å². The van der Waals surface area contributed by atoms with Gasteiger partial charge >= 0.3 is 0 Å². The molecular weight excluding hydrogens is 246 g/mol. The van der Waals surface area contributed by atoms with E-state index in [-0.39, 0.29) is 5.91 Å². The van der Waals surface area contributed by atoms with Crippen LogP contribution in [-0.2, 0) is 6.54 Å². The zero-order valence-corrected chi connectivity index (χ0v) is 10.9. The minimum Gasteiger partial charge on any atom is -0.304 e. The molecule has 3 aromatic rings. The van der Waals surface area contributed by atoms with Crippen LogP contribution in [0.4, 0.5) is 5.69 Å². The van der Waals surface area contributed by atoms with Gasteiger partial charge in [-0.15, -0.1) is 0 Å². The highest BCUT2D eigenvalue weighted by Crippen LogP contribution is 2.32. The van der Waals surface area contributed by atoms with Gasteiger partial charge in [0, 0.05) is 11.3 Å². The summed E-state index contributed by atoms with van der Waals surface area (Å²) in [4.78, 5) is 14.4. The molecule has 0 aromatic heterocycles. The molecular formula is C18H13NO. The second-order valence-corrected chi connectivity index (χ2v) is 5.04. The van der Waals surface area contributed by atoms with Gasteiger partial charge in [-0.05, 0) is 34.5 Å². The monoisotopic (exact) mass is 259 g/mol. The van der Waals surface area contributed by atoms with Crippen molar-refractivity contribution in [2.45, 2.75) is 6.54 Å². The zero-order chi connectivity index (χ0) is 13.5. The van der Waals surface area contributed by atoms with Crippen LogP contribution in [0.25, 0.3) is 10.8 Å². The number of anilines is 1. The van der Waals surface area contributed by atoms with Crippen LogP contribution in [0.15, 0.2) is 66.7 Å². The highest BCUT2D eigenvalue weighted by atomic mass is 16.2. The number of fused-ring (bicyclic) bond motifs is 3. The van der Waals surface area contributed by atoms with Gasteiger partial charge in [-0.2, -0.15) is 0 Å². The smallest absolute Gasteiger partial charge is 0.258 e. The Bertz CT molecular complexity index is 808. The first kappa shape index (κ1) is 11.2. The van der Waals surface area contributed by atoms with Crippen molar-refractivity contribution >= 4 is 22.4 Å². The van der Waals surface area contributed by atoms with Crippen LogP contribution in [0.1, 0.15) is 15.9 Å². The van der Waals surface area contributed by atoms with Gasteiger partial charge in [0.05, 0.1) is 6.54 Å². The molecule has 0 fully saturated rings. The Hall–Kier alpha value is -2.61. The van der Waals surface area contributed by atoms with E-state index in [4.69, 9.17) is 0 Å². The summed E-state index contributed by atoms with van der Waals surface area (Å²) in [7, 11) is 0. The normalized spacial score (nSPS) is 13.8. The van der Waals surface area contributed by atoms with Gasteiger partial charge in [-0.25, -0.2) is 0 Å². The zero-order valence-electron chi connectivity index (χ0n) is 10.9. The van der Waals surface area contributed by atoms with Crippen LogP contribution in [-0.4, -0.2) is 5.91 Å². The number of para-hydroxylation sites is 1. The molecule has 1 aliphatic heterocycles. The van der Waals surface area contributed by atoms with Gasteiger partial charge in [0.2, 0.25) is 0 Å². The van der Waals surface area contributed by atoms with Crippen LogP contribution < -0.4 is 4.90 Å². The van der Waals surface area contributed by atoms with E-state index in [0.717, 1.165) is 16.8 Å². The fourth-order valence-electron chi connectivity index (χ4n) is 2.90. The summed E-state index contributed by atoms with van der Waals surface area (Å²) < 4.78 is 0. The van der Waals surface area contributed by atoms with Crippen molar-refractivity contribution < 1.29 is 4.79 Å². The van der Waals surface area contributed by atoms with Gasteiger partial charge < -0.3 is 4.90 Å². The molecule has 0 saturated carbocycles. The molecule has 0 saturated heterocycles. The summed E-state index contributed by atoms with van der Waals surface area (Å²) in [5.41, 5.74) is 2.92. The van der Waals surface area contributed by atoms with Crippen molar-refractivity contribution in [2.75, 3.05) is 4.90 Å². The van der Waals surface area contributed by atoms with E-state index in [0.29, 0.717) is 6.54 Å². The van der Waals surface area contributed by atoms with Crippen LogP contribution in [0.3, 0.4) is 0 Å². The molecule has 1 aliphatic rings. The summed E-state index contributed by atoms with van der Waals surface area (Å²) in [5, 5.41) is 2.37. The van der Waals surface area contributed by atoms with Gasteiger partial charge in [0.25, 0.3) is 5.91 Å². The molecule has 0 unspecified atom stereocenters. The number of nitrogens with zero attached hydrogens (tertiary/aromatic N) is 1. The van der Waals surface area contributed by atoms with Crippen LogP contribution in [0.5, 0.6) is 0 Å². The van der Waals surface area contributed by atoms with Gasteiger partial charge in [0.15, 0.2) is 0 Å². The molecule has 0 bridgehead atoms. The van der Waals surface area contributed by atoms with Gasteiger partial charge in [-0.1, -0.05) is 48.5 Å². The Kier molecular flexibility index (Phi) is 2.36. The first-order valence-electron chi connectivity index (χ1n) is 6.72. The molecule has 3 aromatic carbocycles. The minimum atomic E-state index is 0.0944. The summed E-state index contributed by atoms with van der Waals surface area (Å²) in [6.07, 6.45) is 0. The van der Waals surface area contributed by atoms with Gasteiger partial charge in [-0.3, -0.25) is 4.79 Å². The summed E-state index contributed by atoms with van der Waals surface area (Å²) >= 11 is 0. The van der Waals surface area contributed by atoms with E-state index in [9.17, 15) is 4.79 Å². The Morgan fingerprint density at radius 2 is 1.55 bits per heavy atom. The third-order valence-electron chi connectivity index (χ3n) is 3.90. The number of hydrogen-bond acceptors (Lipinski definition) is 1. The molecule has 0 spiro atoms. The van der Waals surface area contributed by atoms with Crippen molar-refractivity contribution in [1.29, 1.82) is 0 Å². The molecule has 1 amide bonds. The first-order chi connectivity index (χ1) is 9.84. The van der Waals surface area contributed by atoms with Crippen LogP contribution >= 0.6 is 0 Å². The Morgan fingerprint density at radius 1 is 0.800 bits per heavy atom. The number of carbonyl (C=O) groups is 1. The lowest BCUT2D eigenvalue weighted by Crippen LogP contribution is -2.22. The van der Waals surface area contributed by atoms with Crippen molar-refractivity contribution in [3.8, 4) is 0 Å². The summed E-state index contributed by atoms with van der Waals surface area (Å²) in [6.45, 7) is 0.652. The Morgan fingerprint density at radius 3 is 2.40 bits per heavy atom. The van der Waals surface area contributed by atoms with E-state index in [1.807, 2.05) is 59.5 Å². The second kappa shape index (κ2) is 4.20. The maximum absolute atomic E-state index is 12.6. The van der Waals surface area contributed by atoms with Crippen molar-refractivity contribution in [1.82, 2.24) is 0 Å². The first-order valence-corrected chi connectivity index (χ1v) is 6.72. The molecule has 0 aliphatic carbocycles. The average Bonchev–Trinajstić information content (AvgIpc) is 2.86. The fourth-order valence-corrected chi connectivity index (χ4v) is 2.90. The summed E-state index contributed by atoms with van der Waals surface area (Å²) in [5.74, 6) is 0.0944. The fraction of sp³-hybridized carbons (Fsp3) is 0.0556. The molecule has 1 heterocycles. The van der Waals surface area contributed by atoms with Crippen molar-refractivity contribution in [3.63, 3.8) is 0 Å². The lowest BCUT2D eigenvalue weighted by Gasteiger charge is -2.15. The maximum atomic E-state index is 12.6. The quantitative estimate of drug-likeness (QED) is 0.647. The van der Waals surface area contributed by atoms with Crippen molar-refractivity contribution in [3.05, 3.63) is 77.9 Å². The predicted molar refractivity (Wildman–Crippen MR) is 80.9 cm³/mol. The molecule has 4 rings (SSSR count). The van der Waals surface area contributed by atoms with E-state index in [1.54, 1.807) is 0 Å². The SMILES string of the molecule is O=C1c2ccc3ccccc3c2CN1c1ccccc1. The molecule has 0 radical (unpaired) electrons. The highest BCUT2D eigenvalue weighted by Gasteiger charge is 2.29. The third kappa shape index (κ3) is 1.55. The topological polar surface area (TPSA) is 20.3 Å². The Labute approximate surface area is 117 Å². The van der Waals surface area contributed by atoms with E-state index in [2.05, 4.69) is 12.1 Å². The lowest BCUT2D eigenvalue weighted by atomic mass is 10.0. The lowest BCUT2D eigenvalue weighted by molar-refractivity contribution is 0.0996. The largest absolute Gasteiger partial charge is 0.304 e. The molecule has 2 nitrogen and oxygen atoms in total. The molecule has 20 heavy (non-hydrogen) atoms. The highest BCUT2D eigenvalue weighted by molar-refractivity contribution is 6.13. The minimum absolute atomic E-state index is 0.0944. The number of hydrogen-bond donors (Lipinski definition) is 0. The number of benzene rings is 3. The number of rotatable bonds is 1. The molecule has 2 heteroatoms. The maximum Gasteiger partial charge on any atom is 0.258 e.